The van der Waals surface area contributed by atoms with E-state index < -0.39 is 17.7 Å². The van der Waals surface area contributed by atoms with Crippen molar-refractivity contribution in [1.82, 2.24) is 5.32 Å². The molecule has 0 saturated carbocycles. The number of nitrogens with one attached hydrogen (secondary N) is 1. The van der Waals surface area contributed by atoms with Gasteiger partial charge in [-0.3, -0.25) is 0 Å². The van der Waals surface area contributed by atoms with Crippen molar-refractivity contribution in [2.24, 2.45) is 0 Å². The lowest BCUT2D eigenvalue weighted by Crippen LogP contribution is -2.32. The summed E-state index contributed by atoms with van der Waals surface area (Å²) in [6.07, 6.45) is 5.28. The molecule has 0 amide bonds. The maximum absolute atomic E-state index is 13.4. The molecule has 2 nitrogen and oxygen atoms in total. The highest BCUT2D eigenvalue weighted by molar-refractivity contribution is 5.22. The van der Waals surface area contributed by atoms with Crippen LogP contribution in [-0.2, 0) is 0 Å². The molecule has 0 aliphatic rings. The maximum Gasteiger partial charge on any atom is 0.131 e. The highest BCUT2D eigenvalue weighted by Gasteiger charge is 2.18. The Labute approximate surface area is 106 Å². The molecule has 1 rings (SSSR count). The summed E-state index contributed by atoms with van der Waals surface area (Å²) in [5.41, 5.74) is -0.305. The van der Waals surface area contributed by atoms with Crippen molar-refractivity contribution in [3.8, 4) is 12.3 Å². The van der Waals surface area contributed by atoms with Crippen molar-refractivity contribution in [3.63, 3.8) is 0 Å². The van der Waals surface area contributed by atoms with Gasteiger partial charge in [-0.2, -0.15) is 0 Å². The fourth-order valence-corrected chi connectivity index (χ4v) is 1.71. The molecule has 0 heterocycles. The van der Waals surface area contributed by atoms with Crippen molar-refractivity contribution in [3.05, 3.63) is 35.4 Å². The predicted octanol–water partition coefficient (Wildman–Crippen LogP) is 2.39. The van der Waals surface area contributed by atoms with E-state index in [-0.39, 0.29) is 18.2 Å². The van der Waals surface area contributed by atoms with Crippen LogP contribution in [0.25, 0.3) is 0 Å². The molecule has 0 aliphatic heterocycles. The highest BCUT2D eigenvalue weighted by atomic mass is 19.1. The summed E-state index contributed by atoms with van der Waals surface area (Å²) in [7, 11) is 0. The minimum absolute atomic E-state index is 0.0412. The quantitative estimate of drug-likeness (QED) is 0.763. The minimum Gasteiger partial charge on any atom is -0.387 e. The zero-order valence-corrected chi connectivity index (χ0v) is 10.3. The molecule has 2 unspecified atom stereocenters. The van der Waals surface area contributed by atoms with Gasteiger partial charge in [0.2, 0.25) is 0 Å². The van der Waals surface area contributed by atoms with E-state index in [0.717, 1.165) is 18.6 Å². The van der Waals surface area contributed by atoms with Crippen LogP contribution in [-0.4, -0.2) is 17.7 Å². The van der Waals surface area contributed by atoms with Gasteiger partial charge < -0.3 is 10.4 Å². The van der Waals surface area contributed by atoms with Gasteiger partial charge >= 0.3 is 0 Å². The monoisotopic (exact) mass is 253 g/mol. The van der Waals surface area contributed by atoms with E-state index in [0.29, 0.717) is 6.42 Å². The van der Waals surface area contributed by atoms with Gasteiger partial charge in [-0.15, -0.1) is 12.3 Å². The Bertz CT molecular complexity index is 408. The van der Waals surface area contributed by atoms with Crippen LogP contribution in [0, 0.1) is 24.0 Å². The number of rotatable bonds is 6. The summed E-state index contributed by atoms with van der Waals surface area (Å²) < 4.78 is 26.8. The Hall–Kier alpha value is -1.44. The molecule has 2 atom stereocenters. The van der Waals surface area contributed by atoms with E-state index in [1.165, 1.54) is 6.07 Å². The summed E-state index contributed by atoms with van der Waals surface area (Å²) >= 11 is 0. The Balaban J connectivity index is 2.66. The number of hydrogen-bond acceptors (Lipinski definition) is 2. The van der Waals surface area contributed by atoms with Gasteiger partial charge in [0.05, 0.1) is 11.7 Å². The summed E-state index contributed by atoms with van der Waals surface area (Å²) in [6.45, 7) is 2.02. The van der Waals surface area contributed by atoms with Crippen molar-refractivity contribution < 1.29 is 13.9 Å². The molecule has 0 aliphatic carbocycles. The van der Waals surface area contributed by atoms with Crippen molar-refractivity contribution in [1.29, 1.82) is 0 Å². The standard InChI is InChI=1S/C14H17F2NO/c1-3-6-10(4-2)17-9-13(18)14-11(15)7-5-8-12(14)16/h1,5,7-8,10,13,17-18H,4,6,9H2,2H3. The van der Waals surface area contributed by atoms with Crippen LogP contribution in [0.1, 0.15) is 31.4 Å². The molecule has 0 radical (unpaired) electrons. The van der Waals surface area contributed by atoms with Gasteiger partial charge in [-0.25, -0.2) is 8.78 Å². The smallest absolute Gasteiger partial charge is 0.131 e. The predicted molar refractivity (Wildman–Crippen MR) is 66.8 cm³/mol. The largest absolute Gasteiger partial charge is 0.387 e. The first-order valence-corrected chi connectivity index (χ1v) is 5.89. The fraction of sp³-hybridized carbons (Fsp3) is 0.429. The zero-order chi connectivity index (χ0) is 13.5. The molecule has 0 fully saturated rings. The number of terminal acetylenes is 1. The molecule has 4 heteroatoms. The summed E-state index contributed by atoms with van der Waals surface area (Å²) in [6, 6.07) is 3.56. The number of benzene rings is 1. The first kappa shape index (κ1) is 14.6. The van der Waals surface area contributed by atoms with Gasteiger partial charge in [0, 0.05) is 19.0 Å². The number of halogens is 2. The zero-order valence-electron chi connectivity index (χ0n) is 10.3. The van der Waals surface area contributed by atoms with Crippen LogP contribution in [0.2, 0.25) is 0 Å². The molecular weight excluding hydrogens is 236 g/mol. The van der Waals surface area contributed by atoms with E-state index in [1.54, 1.807) is 0 Å². The van der Waals surface area contributed by atoms with Crippen LogP contribution in [0.15, 0.2) is 18.2 Å². The van der Waals surface area contributed by atoms with Gasteiger partial charge in [0.25, 0.3) is 0 Å². The molecule has 0 saturated heterocycles. The van der Waals surface area contributed by atoms with Crippen LogP contribution >= 0.6 is 0 Å². The topological polar surface area (TPSA) is 32.3 Å². The summed E-state index contributed by atoms with van der Waals surface area (Å²) in [4.78, 5) is 0. The lowest BCUT2D eigenvalue weighted by atomic mass is 10.1. The molecule has 1 aromatic carbocycles. The van der Waals surface area contributed by atoms with E-state index in [4.69, 9.17) is 6.42 Å². The Morgan fingerprint density at radius 3 is 2.50 bits per heavy atom. The third-order valence-corrected chi connectivity index (χ3v) is 2.79. The van der Waals surface area contributed by atoms with E-state index in [9.17, 15) is 13.9 Å². The number of aliphatic hydroxyl groups is 1. The second-order valence-electron chi connectivity index (χ2n) is 4.07. The summed E-state index contributed by atoms with van der Waals surface area (Å²) in [5.74, 6) is 1.03. The van der Waals surface area contributed by atoms with Crippen LogP contribution in [0.5, 0.6) is 0 Å². The Kier molecular flexibility index (Phi) is 5.76. The second kappa shape index (κ2) is 7.10. The fourth-order valence-electron chi connectivity index (χ4n) is 1.71. The van der Waals surface area contributed by atoms with Crippen molar-refractivity contribution in [2.45, 2.75) is 31.9 Å². The molecule has 98 valence electrons. The van der Waals surface area contributed by atoms with Gasteiger partial charge in [-0.1, -0.05) is 13.0 Å². The van der Waals surface area contributed by atoms with Crippen LogP contribution in [0.4, 0.5) is 8.78 Å². The molecule has 0 spiro atoms. The number of hydrogen-bond donors (Lipinski definition) is 2. The number of aliphatic hydroxyl groups excluding tert-OH is 1. The van der Waals surface area contributed by atoms with Gasteiger partial charge in [0.1, 0.15) is 11.6 Å². The van der Waals surface area contributed by atoms with Crippen molar-refractivity contribution >= 4 is 0 Å². The summed E-state index contributed by atoms with van der Waals surface area (Å²) in [5, 5.41) is 12.8. The average molecular weight is 253 g/mol. The lowest BCUT2D eigenvalue weighted by molar-refractivity contribution is 0.160. The SMILES string of the molecule is C#CCC(CC)NCC(O)c1c(F)cccc1F. The molecule has 0 bridgehead atoms. The first-order valence-electron chi connectivity index (χ1n) is 5.89. The molecule has 0 aromatic heterocycles. The Morgan fingerprint density at radius 2 is 2.00 bits per heavy atom. The molecular formula is C14H17F2NO. The minimum atomic E-state index is -1.22. The van der Waals surface area contributed by atoms with E-state index in [2.05, 4.69) is 11.2 Å². The van der Waals surface area contributed by atoms with Crippen LogP contribution < -0.4 is 5.32 Å². The van der Waals surface area contributed by atoms with Gasteiger partial charge in [0.15, 0.2) is 0 Å². The normalized spacial score (nSPS) is 13.9. The van der Waals surface area contributed by atoms with Gasteiger partial charge in [-0.05, 0) is 18.6 Å². The van der Waals surface area contributed by atoms with E-state index in [1.807, 2.05) is 6.92 Å². The Morgan fingerprint density at radius 1 is 1.39 bits per heavy atom. The maximum atomic E-state index is 13.4. The third kappa shape index (κ3) is 3.80. The van der Waals surface area contributed by atoms with Crippen molar-refractivity contribution in [2.75, 3.05) is 6.54 Å². The lowest BCUT2D eigenvalue weighted by Gasteiger charge is -2.18. The average Bonchev–Trinajstić information content (AvgIpc) is 2.34. The molecule has 18 heavy (non-hydrogen) atoms. The second-order valence-corrected chi connectivity index (χ2v) is 4.07. The third-order valence-electron chi connectivity index (χ3n) is 2.79. The van der Waals surface area contributed by atoms with E-state index >= 15 is 0 Å². The first-order chi connectivity index (χ1) is 8.60. The molecule has 1 aromatic rings. The highest BCUT2D eigenvalue weighted by Crippen LogP contribution is 2.20. The molecule has 2 N–H and O–H groups in total. The van der Waals surface area contributed by atoms with Crippen LogP contribution in [0.3, 0.4) is 0 Å².